The molecule has 2 rings (SSSR count). The number of hydrogen-bond acceptors (Lipinski definition) is 3. The number of rotatable bonds is 4. The Morgan fingerprint density at radius 1 is 1.17 bits per heavy atom. The Labute approximate surface area is 111 Å². The van der Waals surface area contributed by atoms with Gasteiger partial charge in [-0.25, -0.2) is 0 Å². The SMILES string of the molecule is COc1cccc(Sc2ccccc2CC#N)c1. The van der Waals surface area contributed by atoms with E-state index in [-0.39, 0.29) is 0 Å². The van der Waals surface area contributed by atoms with Crippen LogP contribution in [0.1, 0.15) is 5.56 Å². The largest absolute Gasteiger partial charge is 0.497 e. The number of benzene rings is 2. The summed E-state index contributed by atoms with van der Waals surface area (Å²) >= 11 is 1.65. The van der Waals surface area contributed by atoms with Gasteiger partial charge in [0.2, 0.25) is 0 Å². The average molecular weight is 255 g/mol. The molecule has 0 aliphatic carbocycles. The van der Waals surface area contributed by atoms with E-state index in [9.17, 15) is 0 Å². The average Bonchev–Trinajstić information content (AvgIpc) is 2.41. The van der Waals surface area contributed by atoms with Crippen LogP contribution in [0.3, 0.4) is 0 Å². The van der Waals surface area contributed by atoms with E-state index in [0.717, 1.165) is 21.1 Å². The lowest BCUT2D eigenvalue weighted by atomic mass is 10.2. The molecule has 3 heteroatoms. The van der Waals surface area contributed by atoms with Gasteiger partial charge < -0.3 is 4.74 Å². The van der Waals surface area contributed by atoms with E-state index < -0.39 is 0 Å². The molecule has 0 spiro atoms. The van der Waals surface area contributed by atoms with E-state index in [0.29, 0.717) is 6.42 Å². The summed E-state index contributed by atoms with van der Waals surface area (Å²) in [5.74, 6) is 0.845. The molecule has 0 saturated carbocycles. The standard InChI is InChI=1S/C15H13NOS/c1-17-13-6-4-7-14(11-13)18-15-8-3-2-5-12(15)9-10-16/h2-8,11H,9H2,1H3. The van der Waals surface area contributed by atoms with Gasteiger partial charge in [0.05, 0.1) is 19.6 Å². The number of hydrogen-bond donors (Lipinski definition) is 0. The Hall–Kier alpha value is -1.92. The molecule has 2 aromatic rings. The minimum absolute atomic E-state index is 0.438. The molecule has 0 radical (unpaired) electrons. The highest BCUT2D eigenvalue weighted by Crippen LogP contribution is 2.32. The van der Waals surface area contributed by atoms with Crippen molar-refractivity contribution in [2.75, 3.05) is 7.11 Å². The zero-order chi connectivity index (χ0) is 12.8. The number of nitriles is 1. The number of methoxy groups -OCH3 is 1. The fourth-order valence-electron chi connectivity index (χ4n) is 1.63. The van der Waals surface area contributed by atoms with Crippen molar-refractivity contribution < 1.29 is 4.74 Å². The van der Waals surface area contributed by atoms with Crippen LogP contribution in [0.2, 0.25) is 0 Å². The van der Waals surface area contributed by atoms with Gasteiger partial charge >= 0.3 is 0 Å². The molecule has 0 aromatic heterocycles. The van der Waals surface area contributed by atoms with Crippen LogP contribution >= 0.6 is 11.8 Å². The van der Waals surface area contributed by atoms with Crippen LogP contribution < -0.4 is 4.74 Å². The lowest BCUT2D eigenvalue weighted by Crippen LogP contribution is -1.86. The van der Waals surface area contributed by atoms with Gasteiger partial charge in [0.15, 0.2) is 0 Å². The van der Waals surface area contributed by atoms with Crippen molar-refractivity contribution in [1.29, 1.82) is 5.26 Å². The van der Waals surface area contributed by atoms with Crippen LogP contribution in [0.15, 0.2) is 58.3 Å². The zero-order valence-corrected chi connectivity index (χ0v) is 10.9. The first-order valence-electron chi connectivity index (χ1n) is 5.60. The lowest BCUT2D eigenvalue weighted by molar-refractivity contribution is 0.413. The summed E-state index contributed by atoms with van der Waals surface area (Å²) < 4.78 is 5.20. The van der Waals surface area contributed by atoms with E-state index in [1.165, 1.54) is 0 Å². The van der Waals surface area contributed by atoms with E-state index in [1.54, 1.807) is 18.9 Å². The zero-order valence-electron chi connectivity index (χ0n) is 10.1. The molecule has 0 fully saturated rings. The maximum absolute atomic E-state index is 8.81. The summed E-state index contributed by atoms with van der Waals surface area (Å²) in [7, 11) is 1.66. The van der Waals surface area contributed by atoms with Crippen molar-refractivity contribution in [3.63, 3.8) is 0 Å². The van der Waals surface area contributed by atoms with Gasteiger partial charge in [-0.3, -0.25) is 0 Å². The predicted molar refractivity (Wildman–Crippen MR) is 72.9 cm³/mol. The second kappa shape index (κ2) is 6.13. The molecule has 0 aliphatic rings. The van der Waals surface area contributed by atoms with E-state index >= 15 is 0 Å². The van der Waals surface area contributed by atoms with Crippen molar-refractivity contribution in [2.24, 2.45) is 0 Å². The van der Waals surface area contributed by atoms with Crippen LogP contribution in [0.4, 0.5) is 0 Å². The van der Waals surface area contributed by atoms with Gasteiger partial charge in [-0.1, -0.05) is 36.0 Å². The second-order valence-electron chi connectivity index (χ2n) is 3.72. The first-order valence-corrected chi connectivity index (χ1v) is 6.42. The molecule has 0 heterocycles. The molecule has 0 bridgehead atoms. The van der Waals surface area contributed by atoms with Gasteiger partial charge in [-0.15, -0.1) is 0 Å². The van der Waals surface area contributed by atoms with Gasteiger partial charge in [-0.05, 0) is 29.8 Å². The maximum Gasteiger partial charge on any atom is 0.119 e. The molecule has 90 valence electrons. The fourth-order valence-corrected chi connectivity index (χ4v) is 2.62. The van der Waals surface area contributed by atoms with Crippen molar-refractivity contribution in [2.45, 2.75) is 16.2 Å². The van der Waals surface area contributed by atoms with Crippen LogP contribution in [0.5, 0.6) is 5.75 Å². The van der Waals surface area contributed by atoms with E-state index in [1.807, 2.05) is 48.5 Å². The highest BCUT2D eigenvalue weighted by Gasteiger charge is 2.04. The number of ether oxygens (including phenoxy) is 1. The third-order valence-electron chi connectivity index (χ3n) is 2.51. The van der Waals surface area contributed by atoms with E-state index in [4.69, 9.17) is 10.00 Å². The quantitative estimate of drug-likeness (QED) is 0.830. The predicted octanol–water partition coefficient (Wildman–Crippen LogP) is 3.91. The van der Waals surface area contributed by atoms with Crippen LogP contribution in [-0.2, 0) is 6.42 Å². The summed E-state index contributed by atoms with van der Waals surface area (Å²) in [6.07, 6.45) is 0.438. The molecular formula is C15H13NOS. The molecule has 0 unspecified atom stereocenters. The normalized spacial score (nSPS) is 9.78. The lowest BCUT2D eigenvalue weighted by Gasteiger charge is -2.07. The first-order chi connectivity index (χ1) is 8.83. The Morgan fingerprint density at radius 3 is 2.78 bits per heavy atom. The molecule has 0 N–H and O–H groups in total. The molecule has 2 nitrogen and oxygen atoms in total. The monoisotopic (exact) mass is 255 g/mol. The smallest absolute Gasteiger partial charge is 0.119 e. The minimum atomic E-state index is 0.438. The summed E-state index contributed by atoms with van der Waals surface area (Å²) in [5.41, 5.74) is 1.06. The maximum atomic E-state index is 8.81. The van der Waals surface area contributed by atoms with Crippen LogP contribution in [0.25, 0.3) is 0 Å². The second-order valence-corrected chi connectivity index (χ2v) is 4.84. The van der Waals surface area contributed by atoms with Crippen molar-refractivity contribution in [1.82, 2.24) is 0 Å². The van der Waals surface area contributed by atoms with E-state index in [2.05, 4.69) is 6.07 Å². The highest BCUT2D eigenvalue weighted by atomic mass is 32.2. The molecular weight excluding hydrogens is 242 g/mol. The summed E-state index contributed by atoms with van der Waals surface area (Å²) in [5, 5.41) is 8.81. The van der Waals surface area contributed by atoms with Crippen LogP contribution in [0, 0.1) is 11.3 Å². The Bertz CT molecular complexity index is 575. The van der Waals surface area contributed by atoms with Gasteiger partial charge in [0.25, 0.3) is 0 Å². The topological polar surface area (TPSA) is 33.0 Å². The van der Waals surface area contributed by atoms with Crippen LogP contribution in [-0.4, -0.2) is 7.11 Å². The highest BCUT2D eigenvalue weighted by molar-refractivity contribution is 7.99. The van der Waals surface area contributed by atoms with Gasteiger partial charge in [0.1, 0.15) is 5.75 Å². The fraction of sp³-hybridized carbons (Fsp3) is 0.133. The molecule has 0 atom stereocenters. The van der Waals surface area contributed by atoms with Crippen molar-refractivity contribution >= 4 is 11.8 Å². The summed E-state index contributed by atoms with van der Waals surface area (Å²) in [6.45, 7) is 0. The third kappa shape index (κ3) is 3.06. The summed E-state index contributed by atoms with van der Waals surface area (Å²) in [4.78, 5) is 2.23. The Kier molecular flexibility index (Phi) is 4.27. The van der Waals surface area contributed by atoms with Crippen molar-refractivity contribution in [3.05, 3.63) is 54.1 Å². The van der Waals surface area contributed by atoms with Crippen molar-refractivity contribution in [3.8, 4) is 11.8 Å². The molecule has 0 amide bonds. The molecule has 0 aliphatic heterocycles. The Balaban J connectivity index is 2.25. The summed E-state index contributed by atoms with van der Waals surface area (Å²) in [6, 6.07) is 18.1. The Morgan fingerprint density at radius 2 is 2.00 bits per heavy atom. The van der Waals surface area contributed by atoms with Gasteiger partial charge in [-0.2, -0.15) is 5.26 Å². The molecule has 18 heavy (non-hydrogen) atoms. The molecule has 2 aromatic carbocycles. The first kappa shape index (κ1) is 12.5. The number of nitrogens with zero attached hydrogens (tertiary/aromatic N) is 1. The molecule has 0 saturated heterocycles. The third-order valence-corrected chi connectivity index (χ3v) is 3.62. The van der Waals surface area contributed by atoms with Gasteiger partial charge in [0, 0.05) is 9.79 Å². The minimum Gasteiger partial charge on any atom is -0.497 e.